The number of aryl methyl sites for hydroxylation is 1. The summed E-state index contributed by atoms with van der Waals surface area (Å²) in [4.78, 5) is 62.6. The highest BCUT2D eigenvalue weighted by atomic mass is 35.5. The van der Waals surface area contributed by atoms with E-state index in [2.05, 4.69) is 15.5 Å². The predicted molar refractivity (Wildman–Crippen MR) is 146 cm³/mol. The number of esters is 1. The molecule has 15 heteroatoms. The van der Waals surface area contributed by atoms with Crippen LogP contribution in [-0.4, -0.2) is 81.1 Å². The SMILES string of the molecule is BOC(=O)C1=C(CCl)[C@@H](C)S[C@@H]2[C@H](NC(=O)/C(=N\OC(C)(C)C(=O)OC(C)(C)C)c3csc(C)n3)C(=O)N12. The quantitative estimate of drug-likeness (QED) is 0.121. The molecule has 1 aromatic rings. The Labute approximate surface area is 235 Å². The van der Waals surface area contributed by atoms with Gasteiger partial charge < -0.3 is 19.5 Å². The highest BCUT2D eigenvalue weighted by Gasteiger charge is 2.56. The van der Waals surface area contributed by atoms with Gasteiger partial charge in [-0.15, -0.1) is 34.7 Å². The third-order valence-electron chi connectivity index (χ3n) is 5.56. The van der Waals surface area contributed by atoms with E-state index in [1.165, 1.54) is 49.9 Å². The summed E-state index contributed by atoms with van der Waals surface area (Å²) < 4.78 is 10.3. The first-order valence-electron chi connectivity index (χ1n) is 11.7. The summed E-state index contributed by atoms with van der Waals surface area (Å²) in [6, 6.07) is -0.949. The van der Waals surface area contributed by atoms with Crippen molar-refractivity contribution in [2.24, 2.45) is 5.16 Å². The van der Waals surface area contributed by atoms with Gasteiger partial charge in [-0.1, -0.05) is 5.16 Å². The van der Waals surface area contributed by atoms with Gasteiger partial charge in [-0.25, -0.2) is 14.6 Å². The molecule has 3 rings (SSSR count). The number of oxime groups is 1. The predicted octanol–water partition coefficient (Wildman–Crippen LogP) is 1.67. The minimum atomic E-state index is -1.51. The number of alkyl halides is 1. The highest BCUT2D eigenvalue weighted by molar-refractivity contribution is 8.00. The van der Waals surface area contributed by atoms with Crippen LogP contribution in [0.2, 0.25) is 0 Å². The molecule has 1 saturated heterocycles. The van der Waals surface area contributed by atoms with Crippen molar-refractivity contribution in [1.82, 2.24) is 15.2 Å². The summed E-state index contributed by atoms with van der Waals surface area (Å²) in [7, 11) is 1.23. The zero-order chi connectivity index (χ0) is 28.6. The lowest BCUT2D eigenvalue weighted by atomic mass is 10.0. The molecule has 0 spiro atoms. The number of aromatic nitrogens is 1. The topological polar surface area (TPSA) is 136 Å². The minimum Gasteiger partial charge on any atom is -0.539 e. The molecule has 11 nitrogen and oxygen atoms in total. The molecule has 1 aromatic heterocycles. The average Bonchev–Trinajstić information content (AvgIpc) is 3.25. The molecule has 0 aromatic carbocycles. The van der Waals surface area contributed by atoms with E-state index in [9.17, 15) is 19.2 Å². The van der Waals surface area contributed by atoms with Crippen LogP contribution in [0.1, 0.15) is 52.2 Å². The number of thiazole rings is 1. The van der Waals surface area contributed by atoms with Crippen molar-refractivity contribution >= 4 is 72.2 Å². The van der Waals surface area contributed by atoms with Crippen molar-refractivity contribution < 1.29 is 33.4 Å². The molecular formula is C23H30BClN4O7S2. The molecular weight excluding hydrogens is 555 g/mol. The van der Waals surface area contributed by atoms with Crippen LogP contribution in [0.4, 0.5) is 0 Å². The van der Waals surface area contributed by atoms with Gasteiger partial charge in [0.1, 0.15) is 28.4 Å². The van der Waals surface area contributed by atoms with Crippen molar-refractivity contribution in [3.63, 3.8) is 0 Å². The molecule has 2 amide bonds. The Morgan fingerprint density at radius 2 is 1.92 bits per heavy atom. The van der Waals surface area contributed by atoms with Gasteiger partial charge in [0, 0.05) is 16.5 Å². The lowest BCUT2D eigenvalue weighted by Crippen LogP contribution is -2.71. The second-order valence-corrected chi connectivity index (χ2v) is 12.9. The smallest absolute Gasteiger partial charge is 0.353 e. The van der Waals surface area contributed by atoms with E-state index in [-0.39, 0.29) is 28.2 Å². The molecule has 3 atom stereocenters. The third-order valence-corrected chi connectivity index (χ3v) is 8.08. The van der Waals surface area contributed by atoms with E-state index in [4.69, 9.17) is 25.8 Å². The van der Waals surface area contributed by atoms with Gasteiger partial charge in [0.15, 0.2) is 5.71 Å². The van der Waals surface area contributed by atoms with E-state index in [0.29, 0.717) is 10.6 Å². The van der Waals surface area contributed by atoms with Gasteiger partial charge in [0.05, 0.1) is 5.01 Å². The summed E-state index contributed by atoms with van der Waals surface area (Å²) in [6.07, 6.45) is 0. The Bertz CT molecular complexity index is 1210. The van der Waals surface area contributed by atoms with Gasteiger partial charge in [-0.05, 0) is 54.0 Å². The number of thioether (sulfide) groups is 1. The zero-order valence-electron chi connectivity index (χ0n) is 22.4. The summed E-state index contributed by atoms with van der Waals surface area (Å²) in [6.45, 7) is 11.7. The number of rotatable bonds is 8. The van der Waals surface area contributed by atoms with Crippen LogP contribution >= 0.6 is 34.7 Å². The fourth-order valence-corrected chi connectivity index (χ4v) is 6.09. The van der Waals surface area contributed by atoms with Gasteiger partial charge in [-0.3, -0.25) is 14.5 Å². The molecule has 0 saturated carbocycles. The zero-order valence-corrected chi connectivity index (χ0v) is 24.8. The van der Waals surface area contributed by atoms with E-state index < -0.39 is 46.4 Å². The van der Waals surface area contributed by atoms with E-state index in [1.54, 1.807) is 33.1 Å². The Kier molecular flexibility index (Phi) is 8.89. The number of carbonyl (C=O) groups is 4. The fourth-order valence-electron chi connectivity index (χ4n) is 3.59. The van der Waals surface area contributed by atoms with Crippen LogP contribution in [0.3, 0.4) is 0 Å². The maximum Gasteiger partial charge on any atom is 0.353 e. The highest BCUT2D eigenvalue weighted by Crippen LogP contribution is 2.44. The normalized spacial score (nSPS) is 21.9. The van der Waals surface area contributed by atoms with Crippen LogP contribution in [0.25, 0.3) is 0 Å². The number of carbonyl (C=O) groups excluding carboxylic acids is 4. The Balaban J connectivity index is 1.86. The van der Waals surface area contributed by atoms with Crippen molar-refractivity contribution in [3.8, 4) is 0 Å². The Morgan fingerprint density at radius 1 is 1.26 bits per heavy atom. The van der Waals surface area contributed by atoms with E-state index in [0.717, 1.165) is 0 Å². The molecule has 1 fully saturated rings. The van der Waals surface area contributed by atoms with Gasteiger partial charge in [-0.2, -0.15) is 0 Å². The van der Waals surface area contributed by atoms with Crippen LogP contribution < -0.4 is 5.32 Å². The van der Waals surface area contributed by atoms with Crippen LogP contribution in [-0.2, 0) is 33.4 Å². The molecule has 2 aliphatic rings. The van der Waals surface area contributed by atoms with Crippen molar-refractivity contribution in [2.45, 2.75) is 76.3 Å². The first-order valence-corrected chi connectivity index (χ1v) is 14.1. The molecule has 206 valence electrons. The monoisotopic (exact) mass is 584 g/mol. The van der Waals surface area contributed by atoms with Gasteiger partial charge in [0.2, 0.25) is 5.60 Å². The lowest BCUT2D eigenvalue weighted by molar-refractivity contribution is -0.179. The van der Waals surface area contributed by atoms with Crippen LogP contribution in [0, 0.1) is 6.92 Å². The first-order chi connectivity index (χ1) is 17.6. The number of hydrogen-bond donors (Lipinski definition) is 1. The second-order valence-electron chi connectivity index (χ2n) is 10.1. The molecule has 1 N–H and O–H groups in total. The molecule has 0 aliphatic carbocycles. The number of halogens is 1. The maximum absolute atomic E-state index is 13.4. The average molecular weight is 585 g/mol. The van der Waals surface area contributed by atoms with Crippen LogP contribution in [0.5, 0.6) is 0 Å². The number of ether oxygens (including phenoxy) is 1. The third kappa shape index (κ3) is 6.18. The lowest BCUT2D eigenvalue weighted by Gasteiger charge is -2.51. The number of fused-ring (bicyclic) bond motifs is 1. The van der Waals surface area contributed by atoms with Crippen molar-refractivity contribution in [2.75, 3.05) is 5.88 Å². The number of nitrogens with one attached hydrogen (secondary N) is 1. The second kappa shape index (κ2) is 11.3. The summed E-state index contributed by atoms with van der Waals surface area (Å²) >= 11 is 8.74. The molecule has 0 radical (unpaired) electrons. The number of amides is 2. The van der Waals surface area contributed by atoms with E-state index in [1.807, 2.05) is 6.92 Å². The Hall–Kier alpha value is -2.58. The molecule has 38 heavy (non-hydrogen) atoms. The fraction of sp³-hybridized carbons (Fsp3) is 0.565. The number of β-lactam (4-membered cyclic amide) rings is 1. The largest absolute Gasteiger partial charge is 0.539 e. The Morgan fingerprint density at radius 3 is 2.45 bits per heavy atom. The van der Waals surface area contributed by atoms with Crippen molar-refractivity contribution in [1.29, 1.82) is 0 Å². The molecule has 0 bridgehead atoms. The standard InChI is InChI=1S/C23H30BClN4O7S2/c1-10-12(8-25)16(20(32)35-24)29-18(31)15(19(29)38-10)27-17(30)14(13-9-37-11(2)26-13)28-36-23(6,7)21(33)34-22(3,4)5/h9-10,15,19H,8,24H2,1-7H3,(H,27,30)/b28-14-/t10-,15-,19-/m1/s1. The van der Waals surface area contributed by atoms with Crippen molar-refractivity contribution in [3.05, 3.63) is 27.4 Å². The van der Waals surface area contributed by atoms with Crippen LogP contribution in [0.15, 0.2) is 21.8 Å². The minimum absolute atomic E-state index is 0.0525. The summed E-state index contributed by atoms with van der Waals surface area (Å²) in [5.74, 6) is -2.51. The summed E-state index contributed by atoms with van der Waals surface area (Å²) in [5.41, 5.74) is -1.58. The van der Waals surface area contributed by atoms with Gasteiger partial charge in [0.25, 0.3) is 11.8 Å². The first kappa shape index (κ1) is 30.0. The number of nitrogens with zero attached hydrogens (tertiary/aromatic N) is 3. The maximum atomic E-state index is 13.4. The van der Waals surface area contributed by atoms with E-state index >= 15 is 0 Å². The van der Waals surface area contributed by atoms with Gasteiger partial charge >= 0.3 is 20.0 Å². The number of hydrogen-bond acceptors (Lipinski definition) is 11. The summed E-state index contributed by atoms with van der Waals surface area (Å²) in [5, 5.41) is 8.22. The molecule has 0 unspecified atom stereocenters. The molecule has 3 heterocycles. The molecule has 2 aliphatic heterocycles.